The van der Waals surface area contributed by atoms with E-state index in [0.717, 1.165) is 5.76 Å². The lowest BCUT2D eigenvalue weighted by molar-refractivity contribution is -0.132. The van der Waals surface area contributed by atoms with E-state index in [4.69, 9.17) is 9.47 Å². The third-order valence-corrected chi connectivity index (χ3v) is 2.91. The van der Waals surface area contributed by atoms with Gasteiger partial charge in [0, 0.05) is 19.4 Å². The molecule has 1 aliphatic carbocycles. The number of alkyl halides is 1. The van der Waals surface area contributed by atoms with Gasteiger partial charge in [-0.05, 0) is 12.5 Å². The predicted octanol–water partition coefficient (Wildman–Crippen LogP) is 2.32. The quantitative estimate of drug-likeness (QED) is 0.724. The number of hydrogen-bond donors (Lipinski definition) is 0. The fraction of sp³-hybridized carbons (Fsp3) is 0.545. The van der Waals surface area contributed by atoms with Crippen LogP contribution in [0.1, 0.15) is 20.3 Å². The molecule has 0 aromatic carbocycles. The number of ether oxygens (including phenoxy) is 2. The second kappa shape index (κ2) is 3.76. The van der Waals surface area contributed by atoms with Crippen molar-refractivity contribution in [2.75, 3.05) is 5.33 Å². The first-order valence-corrected chi connectivity index (χ1v) is 6.02. The van der Waals surface area contributed by atoms with E-state index in [1.54, 1.807) is 6.08 Å². The van der Waals surface area contributed by atoms with Crippen LogP contribution in [0.3, 0.4) is 0 Å². The highest BCUT2D eigenvalue weighted by Gasteiger charge is 2.38. The second-order valence-electron chi connectivity index (χ2n) is 4.11. The van der Waals surface area contributed by atoms with Crippen LogP contribution in [-0.2, 0) is 14.3 Å². The van der Waals surface area contributed by atoms with Gasteiger partial charge in [-0.1, -0.05) is 22.0 Å². The van der Waals surface area contributed by atoms with Gasteiger partial charge >= 0.3 is 0 Å². The fourth-order valence-corrected chi connectivity index (χ4v) is 2.10. The van der Waals surface area contributed by atoms with E-state index in [1.165, 1.54) is 0 Å². The van der Waals surface area contributed by atoms with Crippen LogP contribution in [0.4, 0.5) is 0 Å². The van der Waals surface area contributed by atoms with E-state index < -0.39 is 5.79 Å². The first kappa shape index (κ1) is 10.9. The van der Waals surface area contributed by atoms with E-state index in [9.17, 15) is 4.79 Å². The zero-order chi connectivity index (χ0) is 11.1. The van der Waals surface area contributed by atoms with Crippen LogP contribution in [0.25, 0.3) is 0 Å². The van der Waals surface area contributed by atoms with Crippen LogP contribution < -0.4 is 0 Å². The van der Waals surface area contributed by atoms with E-state index in [2.05, 4.69) is 15.9 Å². The first-order chi connectivity index (χ1) is 7.02. The maximum atomic E-state index is 11.5. The van der Waals surface area contributed by atoms with Crippen molar-refractivity contribution in [1.29, 1.82) is 0 Å². The highest BCUT2D eigenvalue weighted by atomic mass is 79.9. The molecule has 0 aromatic rings. The zero-order valence-corrected chi connectivity index (χ0v) is 10.3. The van der Waals surface area contributed by atoms with E-state index in [0.29, 0.717) is 17.3 Å². The Morgan fingerprint density at radius 3 is 3.07 bits per heavy atom. The van der Waals surface area contributed by atoms with Gasteiger partial charge in [0.1, 0.15) is 11.9 Å². The smallest absolute Gasteiger partial charge is 0.205 e. The number of rotatable bonds is 2. The molecular weight excluding hydrogens is 260 g/mol. The van der Waals surface area contributed by atoms with E-state index >= 15 is 0 Å². The molecule has 0 bridgehead atoms. The average molecular weight is 273 g/mol. The van der Waals surface area contributed by atoms with Crippen molar-refractivity contribution in [3.63, 3.8) is 0 Å². The summed E-state index contributed by atoms with van der Waals surface area (Å²) in [6.07, 6.45) is 4.38. The molecule has 0 saturated carbocycles. The number of hydrogen-bond acceptors (Lipinski definition) is 3. The Morgan fingerprint density at radius 1 is 1.67 bits per heavy atom. The summed E-state index contributed by atoms with van der Waals surface area (Å²) in [5.41, 5.74) is 0.708. The Labute approximate surface area is 97.3 Å². The van der Waals surface area contributed by atoms with Gasteiger partial charge in [0.2, 0.25) is 5.79 Å². The van der Waals surface area contributed by atoms with Crippen molar-refractivity contribution < 1.29 is 14.3 Å². The topological polar surface area (TPSA) is 35.5 Å². The molecular formula is C11H13BrO3. The maximum Gasteiger partial charge on any atom is 0.205 e. The van der Waals surface area contributed by atoms with Crippen molar-refractivity contribution in [3.8, 4) is 0 Å². The molecule has 15 heavy (non-hydrogen) atoms. The first-order valence-electron chi connectivity index (χ1n) is 4.89. The van der Waals surface area contributed by atoms with Crippen molar-refractivity contribution in [2.24, 2.45) is 0 Å². The molecule has 0 aromatic heterocycles. The minimum atomic E-state index is -0.572. The minimum Gasteiger partial charge on any atom is -0.464 e. The van der Waals surface area contributed by atoms with Gasteiger partial charge in [-0.25, -0.2) is 0 Å². The molecule has 1 saturated heterocycles. The van der Waals surface area contributed by atoms with Crippen LogP contribution in [0, 0.1) is 0 Å². The molecule has 1 atom stereocenters. The van der Waals surface area contributed by atoms with Gasteiger partial charge in [0.15, 0.2) is 5.78 Å². The van der Waals surface area contributed by atoms with Crippen molar-refractivity contribution in [3.05, 3.63) is 23.5 Å². The Morgan fingerprint density at radius 2 is 2.40 bits per heavy atom. The molecule has 0 N–H and O–H groups in total. The Bertz CT molecular complexity index is 355. The molecule has 0 spiro atoms. The second-order valence-corrected chi connectivity index (χ2v) is 4.67. The summed E-state index contributed by atoms with van der Waals surface area (Å²) >= 11 is 3.15. The summed E-state index contributed by atoms with van der Waals surface area (Å²) in [7, 11) is 0. The van der Waals surface area contributed by atoms with Crippen LogP contribution in [-0.4, -0.2) is 23.0 Å². The van der Waals surface area contributed by atoms with E-state index in [1.807, 2.05) is 19.9 Å². The Kier molecular flexibility index (Phi) is 2.73. The van der Waals surface area contributed by atoms with Gasteiger partial charge < -0.3 is 9.47 Å². The highest BCUT2D eigenvalue weighted by molar-refractivity contribution is 9.09. The van der Waals surface area contributed by atoms with Gasteiger partial charge in [0.05, 0.1) is 5.33 Å². The van der Waals surface area contributed by atoms with Gasteiger partial charge in [0.25, 0.3) is 0 Å². The number of carbonyl (C=O) groups is 1. The van der Waals surface area contributed by atoms with Crippen molar-refractivity contribution in [2.45, 2.75) is 32.2 Å². The molecule has 1 heterocycles. The lowest BCUT2D eigenvalue weighted by Crippen LogP contribution is -2.21. The molecule has 0 radical (unpaired) electrons. The third-order valence-electron chi connectivity index (χ3n) is 2.40. The zero-order valence-electron chi connectivity index (χ0n) is 8.75. The van der Waals surface area contributed by atoms with Crippen LogP contribution in [0.5, 0.6) is 0 Å². The molecule has 2 aliphatic rings. The summed E-state index contributed by atoms with van der Waals surface area (Å²) in [6.45, 7) is 3.75. The Hall–Kier alpha value is -0.610. The third kappa shape index (κ3) is 2.16. The van der Waals surface area contributed by atoms with Crippen LogP contribution in [0.15, 0.2) is 23.5 Å². The largest absolute Gasteiger partial charge is 0.464 e. The van der Waals surface area contributed by atoms with Crippen LogP contribution in [0.2, 0.25) is 0 Å². The molecule has 3 nitrogen and oxygen atoms in total. The fourth-order valence-electron chi connectivity index (χ4n) is 1.78. The molecule has 82 valence electrons. The summed E-state index contributed by atoms with van der Waals surface area (Å²) in [6, 6.07) is 0. The predicted molar refractivity (Wildman–Crippen MR) is 59.6 cm³/mol. The Balaban J connectivity index is 2.18. The summed E-state index contributed by atoms with van der Waals surface area (Å²) in [5, 5.41) is 0.345. The number of allylic oxidation sites excluding steroid dienone is 2. The van der Waals surface area contributed by atoms with Crippen LogP contribution >= 0.6 is 15.9 Å². The lowest BCUT2D eigenvalue weighted by Gasteiger charge is -2.15. The highest BCUT2D eigenvalue weighted by Crippen LogP contribution is 2.36. The number of ketones is 1. The van der Waals surface area contributed by atoms with E-state index in [-0.39, 0.29) is 11.9 Å². The SMILES string of the molecule is CC1(C)OC2=CC(C(=O)CBr)=CCC2O1. The number of Topliss-reactive ketones (excluding diaryl/α,β-unsaturated/α-hetero) is 1. The average Bonchev–Trinajstić information content (AvgIpc) is 2.49. The number of halogens is 1. The minimum absolute atomic E-state index is 0.0214. The van der Waals surface area contributed by atoms with Gasteiger partial charge in [-0.2, -0.15) is 0 Å². The summed E-state index contributed by atoms with van der Waals surface area (Å²) in [5.74, 6) is 0.276. The standard InChI is InChI=1S/C11H13BrO3/c1-11(2)14-9-4-3-7(8(13)6-12)5-10(9)15-11/h3,5,9H,4,6H2,1-2H3. The summed E-state index contributed by atoms with van der Waals surface area (Å²) in [4.78, 5) is 11.5. The molecule has 1 unspecified atom stereocenters. The van der Waals surface area contributed by atoms with Crippen molar-refractivity contribution in [1.82, 2.24) is 0 Å². The monoisotopic (exact) mass is 272 g/mol. The van der Waals surface area contributed by atoms with Gasteiger partial charge in [-0.15, -0.1) is 0 Å². The molecule has 2 rings (SSSR count). The molecule has 1 aliphatic heterocycles. The normalized spacial score (nSPS) is 27.5. The molecule has 0 amide bonds. The number of fused-ring (bicyclic) bond motifs is 1. The number of carbonyl (C=O) groups excluding carboxylic acids is 1. The lowest BCUT2D eigenvalue weighted by atomic mass is 10.0. The van der Waals surface area contributed by atoms with Gasteiger partial charge in [-0.3, -0.25) is 4.79 Å². The summed E-state index contributed by atoms with van der Waals surface area (Å²) < 4.78 is 11.3. The van der Waals surface area contributed by atoms with Crippen molar-refractivity contribution >= 4 is 21.7 Å². The molecule has 4 heteroatoms. The maximum absolute atomic E-state index is 11.5. The molecule has 1 fully saturated rings.